The number of hydrogen-bond acceptors (Lipinski definition) is 2. The fourth-order valence-electron chi connectivity index (χ4n) is 1.03. The Labute approximate surface area is 87.1 Å². The van der Waals surface area contributed by atoms with Crippen molar-refractivity contribution in [3.8, 4) is 5.75 Å². The molecule has 0 heterocycles. The minimum absolute atomic E-state index is 0. The first kappa shape index (κ1) is 12.5. The van der Waals surface area contributed by atoms with E-state index in [2.05, 4.69) is 24.2 Å². The Kier molecular flexibility index (Phi) is 6.21. The lowest BCUT2D eigenvalue weighted by Crippen LogP contribution is -2.04. The van der Waals surface area contributed by atoms with Crippen LogP contribution < -0.4 is 5.32 Å². The first-order valence-electron chi connectivity index (χ1n) is 4.38. The van der Waals surface area contributed by atoms with Crippen LogP contribution in [0.2, 0.25) is 0 Å². The van der Waals surface area contributed by atoms with Crippen LogP contribution in [0, 0.1) is 6.92 Å². The normalized spacial score (nSPS) is 8.43. The molecule has 78 valence electrons. The van der Waals surface area contributed by atoms with Crippen LogP contribution >= 0.6 is 0 Å². The Balaban J connectivity index is 0. The maximum atomic E-state index is 9.19. The summed E-state index contributed by atoms with van der Waals surface area (Å²) in [6.07, 6.45) is 0. The van der Waals surface area contributed by atoms with E-state index >= 15 is 0 Å². The van der Waals surface area contributed by atoms with Gasteiger partial charge in [-0.05, 0) is 31.2 Å². The van der Waals surface area contributed by atoms with E-state index in [-0.39, 0.29) is 1.43 Å². The van der Waals surface area contributed by atoms with Crippen LogP contribution in [-0.4, -0.2) is 12.2 Å². The lowest BCUT2D eigenvalue weighted by Gasteiger charge is -2.02. The second-order valence-electron chi connectivity index (χ2n) is 2.90. The Morgan fingerprint density at radius 1 is 1.50 bits per heavy atom. The zero-order valence-electron chi connectivity index (χ0n) is 8.80. The SMILES string of the molecule is C=C=C.CNCc1ccc(O)c(C)c1.[HH]. The van der Waals surface area contributed by atoms with E-state index in [9.17, 15) is 5.11 Å². The lowest BCUT2D eigenvalue weighted by molar-refractivity contribution is 0.470. The number of hydrogen-bond donors (Lipinski definition) is 2. The second kappa shape index (κ2) is 6.96. The summed E-state index contributed by atoms with van der Waals surface area (Å²) in [6.45, 7) is 9.00. The first-order valence-corrected chi connectivity index (χ1v) is 4.38. The summed E-state index contributed by atoms with van der Waals surface area (Å²) in [7, 11) is 1.90. The summed E-state index contributed by atoms with van der Waals surface area (Å²) in [5, 5.41) is 12.2. The van der Waals surface area contributed by atoms with Gasteiger partial charge in [0.2, 0.25) is 0 Å². The molecule has 0 unspecified atom stereocenters. The van der Waals surface area contributed by atoms with Crippen molar-refractivity contribution in [2.45, 2.75) is 13.5 Å². The summed E-state index contributed by atoms with van der Waals surface area (Å²) in [5.41, 5.74) is 4.38. The van der Waals surface area contributed by atoms with E-state index in [4.69, 9.17) is 0 Å². The van der Waals surface area contributed by atoms with Crippen molar-refractivity contribution in [2.24, 2.45) is 0 Å². The highest BCUT2D eigenvalue weighted by Crippen LogP contribution is 2.16. The van der Waals surface area contributed by atoms with Crippen molar-refractivity contribution in [1.29, 1.82) is 0 Å². The van der Waals surface area contributed by atoms with Gasteiger partial charge < -0.3 is 10.4 Å². The molecule has 0 aliphatic rings. The van der Waals surface area contributed by atoms with Crippen LogP contribution in [0.3, 0.4) is 0 Å². The number of aromatic hydroxyl groups is 1. The molecule has 0 spiro atoms. The fraction of sp³-hybridized carbons (Fsp3) is 0.250. The van der Waals surface area contributed by atoms with Crippen molar-refractivity contribution in [1.82, 2.24) is 5.32 Å². The molecule has 0 aliphatic heterocycles. The lowest BCUT2D eigenvalue weighted by atomic mass is 10.1. The van der Waals surface area contributed by atoms with E-state index in [0.717, 1.165) is 12.1 Å². The first-order chi connectivity index (χ1) is 6.65. The molecule has 0 fully saturated rings. The number of aryl methyl sites for hydroxylation is 1. The summed E-state index contributed by atoms with van der Waals surface area (Å²) in [6, 6.07) is 5.62. The van der Waals surface area contributed by atoms with Gasteiger partial charge in [-0.25, -0.2) is 0 Å². The van der Waals surface area contributed by atoms with Crippen molar-refractivity contribution < 1.29 is 6.53 Å². The Hall–Kier alpha value is -1.50. The van der Waals surface area contributed by atoms with Gasteiger partial charge >= 0.3 is 0 Å². The van der Waals surface area contributed by atoms with E-state index in [1.54, 1.807) is 6.07 Å². The third-order valence-corrected chi connectivity index (χ3v) is 1.64. The summed E-state index contributed by atoms with van der Waals surface area (Å²) >= 11 is 0. The quantitative estimate of drug-likeness (QED) is 0.708. The van der Waals surface area contributed by atoms with Gasteiger partial charge in [-0.15, -0.1) is 5.73 Å². The standard InChI is InChI=1S/C9H13NO.C3H4.H2/c1-7-5-8(6-10-2)3-4-9(7)11;1-3-2;/h3-5,10-11H,6H2,1-2H3;1-2H2;1H. The predicted octanol–water partition coefficient (Wildman–Crippen LogP) is 2.62. The molecule has 0 aliphatic carbocycles. The number of phenols is 1. The van der Waals surface area contributed by atoms with Crippen molar-refractivity contribution in [2.75, 3.05) is 7.05 Å². The monoisotopic (exact) mass is 193 g/mol. The van der Waals surface area contributed by atoms with E-state index in [0.29, 0.717) is 5.75 Å². The van der Waals surface area contributed by atoms with Crippen LogP contribution in [0.25, 0.3) is 0 Å². The van der Waals surface area contributed by atoms with Gasteiger partial charge in [0.15, 0.2) is 0 Å². The molecule has 2 heteroatoms. The number of nitrogens with one attached hydrogen (secondary N) is 1. The topological polar surface area (TPSA) is 32.3 Å². The maximum absolute atomic E-state index is 9.19. The smallest absolute Gasteiger partial charge is 0.118 e. The molecule has 2 N–H and O–H groups in total. The van der Waals surface area contributed by atoms with Crippen LogP contribution in [-0.2, 0) is 6.54 Å². The zero-order chi connectivity index (χ0) is 11.0. The molecule has 14 heavy (non-hydrogen) atoms. The molecule has 0 saturated heterocycles. The Morgan fingerprint density at radius 3 is 2.50 bits per heavy atom. The van der Waals surface area contributed by atoms with Crippen LogP contribution in [0.5, 0.6) is 5.75 Å². The zero-order valence-corrected chi connectivity index (χ0v) is 8.80. The van der Waals surface area contributed by atoms with Gasteiger partial charge in [-0.1, -0.05) is 25.3 Å². The van der Waals surface area contributed by atoms with Crippen LogP contribution in [0.1, 0.15) is 12.6 Å². The third kappa shape index (κ3) is 4.51. The van der Waals surface area contributed by atoms with Crippen LogP contribution in [0.15, 0.2) is 37.1 Å². The van der Waals surface area contributed by atoms with Gasteiger partial charge in [-0.2, -0.15) is 0 Å². The van der Waals surface area contributed by atoms with Gasteiger partial charge in [0.25, 0.3) is 0 Å². The van der Waals surface area contributed by atoms with Gasteiger partial charge in [-0.3, -0.25) is 0 Å². The minimum atomic E-state index is 0. The molecule has 0 saturated carbocycles. The highest BCUT2D eigenvalue weighted by Gasteiger charge is 1.95. The molecule has 0 atom stereocenters. The summed E-state index contributed by atoms with van der Waals surface area (Å²) in [4.78, 5) is 0. The van der Waals surface area contributed by atoms with Gasteiger partial charge in [0.05, 0.1) is 0 Å². The molecule has 0 aromatic heterocycles. The molecule has 0 amide bonds. The van der Waals surface area contributed by atoms with E-state index in [1.165, 1.54) is 5.56 Å². The molecule has 1 aromatic rings. The molecular weight excluding hydrogens is 174 g/mol. The number of rotatable bonds is 2. The van der Waals surface area contributed by atoms with Crippen molar-refractivity contribution >= 4 is 0 Å². The summed E-state index contributed by atoms with van der Waals surface area (Å²) < 4.78 is 0. The highest BCUT2D eigenvalue weighted by atomic mass is 16.3. The highest BCUT2D eigenvalue weighted by molar-refractivity contribution is 5.34. The Morgan fingerprint density at radius 2 is 2.07 bits per heavy atom. The Bertz CT molecular complexity index is 317. The average Bonchev–Trinajstić information content (AvgIpc) is 2.13. The average molecular weight is 193 g/mol. The van der Waals surface area contributed by atoms with Crippen molar-refractivity contribution in [3.05, 3.63) is 48.2 Å². The van der Waals surface area contributed by atoms with Crippen LogP contribution in [0.4, 0.5) is 0 Å². The fourth-order valence-corrected chi connectivity index (χ4v) is 1.03. The second-order valence-corrected chi connectivity index (χ2v) is 2.90. The summed E-state index contributed by atoms with van der Waals surface area (Å²) in [5.74, 6) is 0.366. The molecule has 1 rings (SSSR count). The predicted molar refractivity (Wildman–Crippen MR) is 62.5 cm³/mol. The molecule has 0 radical (unpaired) electrons. The number of benzene rings is 1. The minimum Gasteiger partial charge on any atom is -0.508 e. The maximum Gasteiger partial charge on any atom is 0.118 e. The third-order valence-electron chi connectivity index (χ3n) is 1.64. The molecule has 1 aromatic carbocycles. The van der Waals surface area contributed by atoms with Gasteiger partial charge in [0, 0.05) is 7.97 Å². The van der Waals surface area contributed by atoms with E-state index in [1.807, 2.05) is 26.1 Å². The largest absolute Gasteiger partial charge is 0.508 e. The van der Waals surface area contributed by atoms with E-state index < -0.39 is 0 Å². The van der Waals surface area contributed by atoms with Crippen molar-refractivity contribution in [3.63, 3.8) is 0 Å². The number of phenolic OH excluding ortho intramolecular Hbond substituents is 1. The molecular formula is C12H19NO. The van der Waals surface area contributed by atoms with Gasteiger partial charge in [0.1, 0.15) is 5.75 Å². The molecule has 2 nitrogen and oxygen atoms in total. The molecule has 0 bridgehead atoms.